The van der Waals surface area contributed by atoms with Crippen LogP contribution in [0.25, 0.3) is 0 Å². The standard InChI is InChI=1S/C29H28ClN5O7/c1-40-27(38)31-19-7-4-17(5-8-19)25(36)32-24(14-20-13-23(34-42-20)16-2-3-16)26(37)35-11-10-29(15-35)21-12-18(30)6-9-22(21)33-28(39)41-29/h4-9,12-13,16,24H,2-3,10-11,14-15H2,1H3,(H,31,38)(H,32,36)(H,33,39). The van der Waals surface area contributed by atoms with Crippen LogP contribution in [0.4, 0.5) is 21.0 Å². The number of fused-ring (bicyclic) bond motifs is 2. The third-order valence-electron chi connectivity index (χ3n) is 7.70. The average Bonchev–Trinajstić information content (AvgIpc) is 3.58. The van der Waals surface area contributed by atoms with Gasteiger partial charge in [-0.3, -0.25) is 20.2 Å². The fourth-order valence-electron chi connectivity index (χ4n) is 5.38. The minimum Gasteiger partial charge on any atom is -0.453 e. The van der Waals surface area contributed by atoms with Crippen LogP contribution in [0.15, 0.2) is 53.1 Å². The summed E-state index contributed by atoms with van der Waals surface area (Å²) in [6.45, 7) is 0.388. The molecular weight excluding hydrogens is 566 g/mol. The van der Waals surface area contributed by atoms with Crippen molar-refractivity contribution in [3.63, 3.8) is 0 Å². The van der Waals surface area contributed by atoms with E-state index < -0.39 is 29.7 Å². The number of hydrogen-bond donors (Lipinski definition) is 3. The van der Waals surface area contributed by atoms with Crippen LogP contribution in [-0.2, 0) is 26.3 Å². The van der Waals surface area contributed by atoms with Crippen LogP contribution < -0.4 is 16.0 Å². The van der Waals surface area contributed by atoms with Gasteiger partial charge < -0.3 is 24.2 Å². The molecular formula is C29H28ClN5O7. The predicted molar refractivity (Wildman–Crippen MR) is 150 cm³/mol. The number of anilines is 2. The van der Waals surface area contributed by atoms with Crippen molar-refractivity contribution in [1.82, 2.24) is 15.4 Å². The van der Waals surface area contributed by atoms with Crippen LogP contribution in [-0.4, -0.2) is 60.3 Å². The molecule has 42 heavy (non-hydrogen) atoms. The van der Waals surface area contributed by atoms with Gasteiger partial charge in [0, 0.05) is 53.2 Å². The maximum absolute atomic E-state index is 14.0. The molecule has 3 aromatic rings. The summed E-state index contributed by atoms with van der Waals surface area (Å²) in [6.07, 6.45) is 1.29. The number of nitrogens with one attached hydrogen (secondary N) is 3. The van der Waals surface area contributed by atoms with Crippen molar-refractivity contribution in [2.75, 3.05) is 30.8 Å². The third kappa shape index (κ3) is 5.62. The summed E-state index contributed by atoms with van der Waals surface area (Å²) >= 11 is 6.26. The summed E-state index contributed by atoms with van der Waals surface area (Å²) in [5, 5.41) is 12.7. The first kappa shape index (κ1) is 27.6. The van der Waals surface area contributed by atoms with Gasteiger partial charge in [0.15, 0.2) is 5.60 Å². The number of benzene rings is 2. The van der Waals surface area contributed by atoms with Gasteiger partial charge in [-0.05, 0) is 55.3 Å². The molecule has 4 amide bonds. The summed E-state index contributed by atoms with van der Waals surface area (Å²) in [6, 6.07) is 12.1. The first-order chi connectivity index (χ1) is 20.2. The lowest BCUT2D eigenvalue weighted by Crippen LogP contribution is -2.50. The van der Waals surface area contributed by atoms with Crippen LogP contribution in [0.5, 0.6) is 0 Å². The number of nitrogens with zero attached hydrogens (tertiary/aromatic N) is 2. The molecule has 2 aliphatic heterocycles. The summed E-state index contributed by atoms with van der Waals surface area (Å²) in [5.74, 6) is 0.00163. The summed E-state index contributed by atoms with van der Waals surface area (Å²) in [7, 11) is 1.25. The van der Waals surface area contributed by atoms with Gasteiger partial charge in [-0.1, -0.05) is 16.8 Å². The Hall–Kier alpha value is -4.58. The SMILES string of the molecule is COC(=O)Nc1ccc(C(=O)NC(Cc2cc(C3CC3)no2)C(=O)N2CCC3(C2)OC(=O)Nc2ccc(Cl)cc23)cc1. The van der Waals surface area contributed by atoms with E-state index in [9.17, 15) is 19.2 Å². The first-order valence-electron chi connectivity index (χ1n) is 13.5. The van der Waals surface area contributed by atoms with E-state index in [0.717, 1.165) is 18.5 Å². The summed E-state index contributed by atoms with van der Waals surface area (Å²) < 4.78 is 15.9. The van der Waals surface area contributed by atoms with Crippen LogP contribution in [0.1, 0.15) is 52.6 Å². The molecule has 1 aliphatic carbocycles. The van der Waals surface area contributed by atoms with E-state index in [4.69, 9.17) is 20.9 Å². The molecule has 3 N–H and O–H groups in total. The quantitative estimate of drug-likeness (QED) is 0.364. The van der Waals surface area contributed by atoms with Gasteiger partial charge in [0.1, 0.15) is 11.8 Å². The lowest BCUT2D eigenvalue weighted by Gasteiger charge is -2.35. The lowest BCUT2D eigenvalue weighted by atomic mass is 9.90. The molecule has 13 heteroatoms. The van der Waals surface area contributed by atoms with Crippen molar-refractivity contribution in [2.24, 2.45) is 0 Å². The number of halogens is 1. The van der Waals surface area contributed by atoms with E-state index >= 15 is 0 Å². The van der Waals surface area contributed by atoms with Gasteiger partial charge in [-0.25, -0.2) is 9.59 Å². The molecule has 6 rings (SSSR count). The largest absolute Gasteiger partial charge is 0.453 e. The number of carbonyl (C=O) groups is 4. The second kappa shape index (κ2) is 11.0. The molecule has 218 valence electrons. The van der Waals surface area contributed by atoms with E-state index in [0.29, 0.717) is 46.6 Å². The van der Waals surface area contributed by atoms with Gasteiger partial charge in [-0.2, -0.15) is 0 Å². The highest BCUT2D eigenvalue weighted by Gasteiger charge is 2.49. The van der Waals surface area contributed by atoms with Gasteiger partial charge in [-0.15, -0.1) is 0 Å². The van der Waals surface area contributed by atoms with Gasteiger partial charge >= 0.3 is 12.2 Å². The van der Waals surface area contributed by atoms with Gasteiger partial charge in [0.25, 0.3) is 5.91 Å². The zero-order valence-corrected chi connectivity index (χ0v) is 23.4. The average molecular weight is 594 g/mol. The Labute approximate surface area is 245 Å². The topological polar surface area (TPSA) is 152 Å². The minimum absolute atomic E-state index is 0.0829. The Morgan fingerprint density at radius 2 is 1.98 bits per heavy atom. The van der Waals surface area contributed by atoms with E-state index in [1.54, 1.807) is 35.2 Å². The maximum Gasteiger partial charge on any atom is 0.412 e. The highest BCUT2D eigenvalue weighted by Crippen LogP contribution is 2.44. The first-order valence-corrected chi connectivity index (χ1v) is 13.9. The molecule has 1 saturated carbocycles. The van der Waals surface area contributed by atoms with E-state index in [-0.39, 0.29) is 24.4 Å². The highest BCUT2D eigenvalue weighted by atomic mass is 35.5. The predicted octanol–water partition coefficient (Wildman–Crippen LogP) is 4.41. The van der Waals surface area contributed by atoms with Gasteiger partial charge in [0.2, 0.25) is 5.91 Å². The normalized spacial score (nSPS) is 19.9. The minimum atomic E-state index is -1.07. The van der Waals surface area contributed by atoms with Crippen LogP contribution >= 0.6 is 11.6 Å². The number of aromatic nitrogens is 1. The molecule has 1 spiro atoms. The molecule has 1 aromatic heterocycles. The van der Waals surface area contributed by atoms with Gasteiger partial charge in [0.05, 0.1) is 25.0 Å². The van der Waals surface area contributed by atoms with Crippen molar-refractivity contribution in [3.05, 3.63) is 76.1 Å². The molecule has 0 bridgehead atoms. The van der Waals surface area contributed by atoms with Crippen LogP contribution in [0, 0.1) is 0 Å². The molecule has 3 aliphatic rings. The van der Waals surface area contributed by atoms with Crippen molar-refractivity contribution in [1.29, 1.82) is 0 Å². The van der Waals surface area contributed by atoms with Crippen LogP contribution in [0.3, 0.4) is 0 Å². The number of rotatable bonds is 7. The number of hydrogen-bond acceptors (Lipinski definition) is 8. The number of methoxy groups -OCH3 is 1. The Morgan fingerprint density at radius 1 is 1.19 bits per heavy atom. The molecule has 0 radical (unpaired) electrons. The molecule has 12 nitrogen and oxygen atoms in total. The molecule has 2 unspecified atom stereocenters. The molecule has 2 atom stereocenters. The fourth-order valence-corrected chi connectivity index (χ4v) is 5.55. The van der Waals surface area contributed by atoms with E-state index in [1.807, 2.05) is 6.07 Å². The van der Waals surface area contributed by atoms with Crippen molar-refractivity contribution < 1.29 is 33.2 Å². The highest BCUT2D eigenvalue weighted by molar-refractivity contribution is 6.30. The summed E-state index contributed by atoms with van der Waals surface area (Å²) in [5.41, 5.74) is 1.77. The third-order valence-corrected chi connectivity index (χ3v) is 7.94. The number of likely N-dealkylation sites (tertiary alicyclic amines) is 1. The lowest BCUT2D eigenvalue weighted by molar-refractivity contribution is -0.133. The molecule has 1 saturated heterocycles. The van der Waals surface area contributed by atoms with Crippen molar-refractivity contribution in [2.45, 2.75) is 43.2 Å². The smallest absolute Gasteiger partial charge is 0.412 e. The van der Waals surface area contributed by atoms with Crippen molar-refractivity contribution in [3.8, 4) is 0 Å². The number of amides is 4. The molecule has 2 aromatic carbocycles. The number of carbonyl (C=O) groups excluding carboxylic acids is 4. The van der Waals surface area contributed by atoms with Crippen molar-refractivity contribution >= 4 is 47.0 Å². The Morgan fingerprint density at radius 3 is 2.71 bits per heavy atom. The molecule has 2 fully saturated rings. The Balaban J connectivity index is 1.22. The zero-order chi connectivity index (χ0) is 29.4. The Bertz CT molecular complexity index is 1550. The monoisotopic (exact) mass is 593 g/mol. The maximum atomic E-state index is 14.0. The fraction of sp³-hybridized carbons (Fsp3) is 0.345. The second-order valence-corrected chi connectivity index (χ2v) is 11.1. The number of ether oxygens (including phenoxy) is 2. The zero-order valence-electron chi connectivity index (χ0n) is 22.6. The summed E-state index contributed by atoms with van der Waals surface area (Å²) in [4.78, 5) is 52.7. The van der Waals surface area contributed by atoms with E-state index in [2.05, 4.69) is 25.8 Å². The Kier molecular flexibility index (Phi) is 7.23. The van der Waals surface area contributed by atoms with Crippen LogP contribution in [0.2, 0.25) is 5.02 Å². The van der Waals surface area contributed by atoms with E-state index in [1.165, 1.54) is 19.2 Å². The second-order valence-electron chi connectivity index (χ2n) is 10.6. The molecule has 3 heterocycles.